The Kier molecular flexibility index (Phi) is 7.17. The Morgan fingerprint density at radius 2 is 1.82 bits per heavy atom. The molecule has 4 rings (SSSR count). The third-order valence-electron chi connectivity index (χ3n) is 5.44. The van der Waals surface area contributed by atoms with Crippen molar-refractivity contribution in [1.29, 1.82) is 5.26 Å². The van der Waals surface area contributed by atoms with Gasteiger partial charge in [-0.15, -0.1) is 0 Å². The lowest BCUT2D eigenvalue weighted by Crippen LogP contribution is -2.28. The van der Waals surface area contributed by atoms with E-state index in [4.69, 9.17) is 21.6 Å². The molecule has 0 saturated carbocycles. The minimum Gasteiger partial charge on any atom is -0.489 e. The first-order chi connectivity index (χ1) is 16.4. The van der Waals surface area contributed by atoms with Crippen LogP contribution >= 0.6 is 11.6 Å². The molecule has 3 aromatic carbocycles. The van der Waals surface area contributed by atoms with Crippen LogP contribution in [0.15, 0.2) is 71.6 Å². The normalized spacial score (nSPS) is 13.9. The molecule has 0 radical (unpaired) electrons. The standard InChI is InChI=1S/C25H22ClN3O4S/c26-24-10-9-22(34(31,32)29-11-1-2-12-29)15-23(24)25(30)28-20-7-4-8-21(14-20)33-17-19-6-3-5-18(13-19)16-27/h3-10,13-15H,1-2,11-12,17H2,(H,28,30). The van der Waals surface area contributed by atoms with Crippen molar-refractivity contribution >= 4 is 33.2 Å². The summed E-state index contributed by atoms with van der Waals surface area (Å²) in [5.74, 6) is -0.000960. The smallest absolute Gasteiger partial charge is 0.257 e. The fourth-order valence-electron chi connectivity index (χ4n) is 3.68. The van der Waals surface area contributed by atoms with Crippen molar-refractivity contribution in [3.63, 3.8) is 0 Å². The number of nitrogens with one attached hydrogen (secondary N) is 1. The highest BCUT2D eigenvalue weighted by Crippen LogP contribution is 2.27. The number of benzene rings is 3. The maximum Gasteiger partial charge on any atom is 0.257 e. The van der Waals surface area contributed by atoms with Gasteiger partial charge in [-0.05, 0) is 60.9 Å². The number of nitrogens with zero attached hydrogens (tertiary/aromatic N) is 2. The predicted molar refractivity (Wildman–Crippen MR) is 129 cm³/mol. The second-order valence-corrected chi connectivity index (χ2v) is 10.2. The third kappa shape index (κ3) is 5.39. The minimum atomic E-state index is -3.68. The van der Waals surface area contributed by atoms with Crippen LogP contribution in [0.3, 0.4) is 0 Å². The average molecular weight is 496 g/mol. The van der Waals surface area contributed by atoms with Gasteiger partial charge in [0.15, 0.2) is 0 Å². The summed E-state index contributed by atoms with van der Waals surface area (Å²) in [6.45, 7) is 1.20. The summed E-state index contributed by atoms with van der Waals surface area (Å²) in [5, 5.41) is 11.9. The van der Waals surface area contributed by atoms with Gasteiger partial charge in [-0.3, -0.25) is 4.79 Å². The van der Waals surface area contributed by atoms with E-state index < -0.39 is 15.9 Å². The fraction of sp³-hybridized carbons (Fsp3) is 0.200. The van der Waals surface area contributed by atoms with E-state index in [0.29, 0.717) is 30.1 Å². The first-order valence-electron chi connectivity index (χ1n) is 10.7. The van der Waals surface area contributed by atoms with Gasteiger partial charge in [-0.1, -0.05) is 29.8 Å². The van der Waals surface area contributed by atoms with Crippen LogP contribution in [-0.4, -0.2) is 31.7 Å². The van der Waals surface area contributed by atoms with Gasteiger partial charge in [-0.2, -0.15) is 9.57 Å². The van der Waals surface area contributed by atoms with Crippen molar-refractivity contribution in [3.05, 3.63) is 88.4 Å². The summed E-state index contributed by atoms with van der Waals surface area (Å²) in [4.78, 5) is 13.0. The molecule has 3 aromatic rings. The van der Waals surface area contributed by atoms with Crippen molar-refractivity contribution in [1.82, 2.24) is 4.31 Å². The maximum absolute atomic E-state index is 12.9. The van der Waals surface area contributed by atoms with E-state index in [9.17, 15) is 13.2 Å². The molecule has 1 aliphatic heterocycles. The summed E-state index contributed by atoms with van der Waals surface area (Å²) >= 11 is 6.22. The average Bonchev–Trinajstić information content (AvgIpc) is 3.39. The lowest BCUT2D eigenvalue weighted by Gasteiger charge is -2.16. The summed E-state index contributed by atoms with van der Waals surface area (Å²) in [7, 11) is -3.68. The predicted octanol–water partition coefficient (Wildman–Crippen LogP) is 4.83. The lowest BCUT2D eigenvalue weighted by atomic mass is 10.1. The van der Waals surface area contributed by atoms with Crippen LogP contribution in [0.4, 0.5) is 5.69 Å². The van der Waals surface area contributed by atoms with E-state index in [-0.39, 0.29) is 22.1 Å². The van der Waals surface area contributed by atoms with Crippen molar-refractivity contribution < 1.29 is 17.9 Å². The molecular formula is C25H22ClN3O4S. The Morgan fingerprint density at radius 1 is 1.06 bits per heavy atom. The summed E-state index contributed by atoms with van der Waals surface area (Å²) in [6, 6.07) is 20.2. The topological polar surface area (TPSA) is 99.5 Å². The Bertz CT molecular complexity index is 1360. The molecule has 7 nitrogen and oxygen atoms in total. The molecule has 9 heteroatoms. The number of hydrogen-bond donors (Lipinski definition) is 1. The van der Waals surface area contributed by atoms with Gasteiger partial charge in [0.25, 0.3) is 5.91 Å². The van der Waals surface area contributed by atoms with E-state index in [2.05, 4.69) is 11.4 Å². The summed E-state index contributed by atoms with van der Waals surface area (Å²) in [6.07, 6.45) is 1.64. The van der Waals surface area contributed by atoms with Crippen LogP contribution in [-0.2, 0) is 16.6 Å². The second-order valence-electron chi connectivity index (χ2n) is 7.84. The molecule has 0 unspecified atom stereocenters. The number of hydrogen-bond acceptors (Lipinski definition) is 5. The van der Waals surface area contributed by atoms with Crippen LogP contribution in [0.1, 0.15) is 34.3 Å². The van der Waals surface area contributed by atoms with Crippen molar-refractivity contribution in [3.8, 4) is 11.8 Å². The highest BCUT2D eigenvalue weighted by molar-refractivity contribution is 7.89. The first kappa shape index (κ1) is 23.8. The summed E-state index contributed by atoms with van der Waals surface area (Å²) in [5.41, 5.74) is 1.93. The Labute approximate surface area is 203 Å². The van der Waals surface area contributed by atoms with Gasteiger partial charge in [0, 0.05) is 24.8 Å². The van der Waals surface area contributed by atoms with Gasteiger partial charge in [0.05, 0.1) is 27.1 Å². The molecule has 0 aromatic heterocycles. The van der Waals surface area contributed by atoms with Crippen molar-refractivity contribution in [2.75, 3.05) is 18.4 Å². The SMILES string of the molecule is N#Cc1cccc(COc2cccc(NC(=O)c3cc(S(=O)(=O)N4CCCC4)ccc3Cl)c2)c1. The van der Waals surface area contributed by atoms with Crippen molar-refractivity contribution in [2.45, 2.75) is 24.3 Å². The Balaban J connectivity index is 1.48. The Hall–Kier alpha value is -3.38. The number of sulfonamides is 1. The molecule has 1 N–H and O–H groups in total. The van der Waals surface area contributed by atoms with Gasteiger partial charge in [0.1, 0.15) is 12.4 Å². The number of amides is 1. The zero-order chi connectivity index (χ0) is 24.1. The lowest BCUT2D eigenvalue weighted by molar-refractivity contribution is 0.102. The van der Waals surface area contributed by atoms with E-state index >= 15 is 0 Å². The van der Waals surface area contributed by atoms with Gasteiger partial charge >= 0.3 is 0 Å². The molecular weight excluding hydrogens is 474 g/mol. The zero-order valence-corrected chi connectivity index (χ0v) is 19.8. The number of nitriles is 1. The molecule has 1 aliphatic rings. The van der Waals surface area contributed by atoms with Gasteiger partial charge < -0.3 is 10.1 Å². The number of carbonyl (C=O) groups is 1. The monoisotopic (exact) mass is 495 g/mol. The molecule has 1 fully saturated rings. The zero-order valence-electron chi connectivity index (χ0n) is 18.2. The largest absolute Gasteiger partial charge is 0.489 e. The second kappa shape index (κ2) is 10.3. The number of halogens is 1. The van der Waals surface area contributed by atoms with Crippen LogP contribution in [0.25, 0.3) is 0 Å². The molecule has 34 heavy (non-hydrogen) atoms. The molecule has 0 atom stereocenters. The highest BCUT2D eigenvalue weighted by Gasteiger charge is 2.28. The van der Waals surface area contributed by atoms with E-state index in [0.717, 1.165) is 18.4 Å². The van der Waals surface area contributed by atoms with E-state index in [1.807, 2.05) is 6.07 Å². The molecule has 174 valence electrons. The number of carbonyl (C=O) groups excluding carboxylic acids is 1. The molecule has 0 bridgehead atoms. The van der Waals surface area contributed by atoms with Crippen molar-refractivity contribution in [2.24, 2.45) is 0 Å². The molecule has 1 amide bonds. The van der Waals surface area contributed by atoms with Gasteiger partial charge in [-0.25, -0.2) is 8.42 Å². The van der Waals surface area contributed by atoms with Crippen LogP contribution in [0.5, 0.6) is 5.75 Å². The first-order valence-corrected chi connectivity index (χ1v) is 12.5. The Morgan fingerprint density at radius 3 is 2.59 bits per heavy atom. The summed E-state index contributed by atoms with van der Waals surface area (Å²) < 4.78 is 33.0. The third-order valence-corrected chi connectivity index (χ3v) is 7.66. The quantitative estimate of drug-likeness (QED) is 0.506. The number of ether oxygens (including phenoxy) is 1. The maximum atomic E-state index is 12.9. The fourth-order valence-corrected chi connectivity index (χ4v) is 5.42. The van der Waals surface area contributed by atoms with Crippen LogP contribution in [0.2, 0.25) is 5.02 Å². The molecule has 0 aliphatic carbocycles. The van der Waals surface area contributed by atoms with Gasteiger partial charge in [0.2, 0.25) is 10.0 Å². The minimum absolute atomic E-state index is 0.0423. The van der Waals surface area contributed by atoms with E-state index in [1.165, 1.54) is 22.5 Å². The van der Waals surface area contributed by atoms with Crippen LogP contribution in [0, 0.1) is 11.3 Å². The molecule has 1 heterocycles. The molecule has 1 saturated heterocycles. The number of rotatable bonds is 7. The molecule has 0 spiro atoms. The number of anilines is 1. The highest BCUT2D eigenvalue weighted by atomic mass is 35.5. The van der Waals surface area contributed by atoms with Crippen LogP contribution < -0.4 is 10.1 Å². The van der Waals surface area contributed by atoms with E-state index in [1.54, 1.807) is 42.5 Å².